The van der Waals surface area contributed by atoms with Crippen LogP contribution in [0.5, 0.6) is 0 Å². The Morgan fingerprint density at radius 1 is 0.861 bits per heavy atom. The summed E-state index contributed by atoms with van der Waals surface area (Å²) in [6.45, 7) is 11.7. The average Bonchev–Trinajstić information content (AvgIpc) is 2.95. The molecule has 3 aliphatic rings. The zero-order chi connectivity index (χ0) is 24.6. The van der Waals surface area contributed by atoms with Crippen molar-refractivity contribution >= 4 is 17.5 Å². The smallest absolute Gasteiger partial charge is 0.224 e. The molecule has 0 aliphatic carbocycles. The van der Waals surface area contributed by atoms with Crippen molar-refractivity contribution in [3.05, 3.63) is 48.0 Å². The van der Waals surface area contributed by atoms with Crippen LogP contribution in [0.2, 0.25) is 0 Å². The van der Waals surface area contributed by atoms with Crippen molar-refractivity contribution in [3.63, 3.8) is 0 Å². The van der Waals surface area contributed by atoms with Gasteiger partial charge in [-0.2, -0.15) is 0 Å². The largest absolute Gasteiger partial charge is 0.378 e. The molecule has 0 bridgehead atoms. The molecule has 1 N–H and O–H groups in total. The molecule has 0 saturated carbocycles. The zero-order valence-electron chi connectivity index (χ0n) is 21.2. The van der Waals surface area contributed by atoms with E-state index in [-0.39, 0.29) is 11.8 Å². The van der Waals surface area contributed by atoms with Crippen LogP contribution in [-0.4, -0.2) is 105 Å². The van der Waals surface area contributed by atoms with E-state index in [1.165, 1.54) is 5.56 Å². The second-order valence-electron chi connectivity index (χ2n) is 10.0. The maximum absolute atomic E-state index is 12.9. The van der Waals surface area contributed by atoms with Crippen molar-refractivity contribution in [2.24, 2.45) is 5.92 Å². The highest BCUT2D eigenvalue weighted by molar-refractivity contribution is 5.79. The summed E-state index contributed by atoms with van der Waals surface area (Å²) in [5.41, 5.74) is 1.37. The number of amides is 1. The Hall–Kier alpha value is -2.75. The van der Waals surface area contributed by atoms with Gasteiger partial charge in [-0.3, -0.25) is 14.6 Å². The predicted octanol–water partition coefficient (Wildman–Crippen LogP) is 1.46. The van der Waals surface area contributed by atoms with E-state index in [1.54, 1.807) is 0 Å². The van der Waals surface area contributed by atoms with Crippen LogP contribution in [0.4, 0.5) is 11.6 Å². The first-order chi connectivity index (χ1) is 17.7. The lowest BCUT2D eigenvalue weighted by Gasteiger charge is -2.35. The number of anilines is 2. The molecule has 0 spiro atoms. The number of ether oxygens (including phenoxy) is 1. The first-order valence-corrected chi connectivity index (χ1v) is 13.4. The Morgan fingerprint density at radius 3 is 2.28 bits per heavy atom. The van der Waals surface area contributed by atoms with Gasteiger partial charge in [0.2, 0.25) is 5.91 Å². The van der Waals surface area contributed by atoms with E-state index in [9.17, 15) is 4.79 Å². The normalized spacial score (nSPS) is 21.9. The number of piperidine rings is 1. The summed E-state index contributed by atoms with van der Waals surface area (Å²) < 4.78 is 5.42. The molecule has 2 aromatic rings. The Labute approximate surface area is 214 Å². The second kappa shape index (κ2) is 12.5. The van der Waals surface area contributed by atoms with Gasteiger partial charge in [0, 0.05) is 72.0 Å². The van der Waals surface area contributed by atoms with Gasteiger partial charge in [0.05, 0.1) is 19.1 Å². The van der Waals surface area contributed by atoms with E-state index < -0.39 is 0 Å². The van der Waals surface area contributed by atoms with Gasteiger partial charge in [-0.05, 0) is 30.5 Å². The Morgan fingerprint density at radius 2 is 1.56 bits per heavy atom. The number of hydrogen-bond acceptors (Lipinski definition) is 8. The van der Waals surface area contributed by atoms with Gasteiger partial charge in [0.15, 0.2) is 11.6 Å². The number of rotatable bonds is 8. The van der Waals surface area contributed by atoms with Gasteiger partial charge >= 0.3 is 0 Å². The summed E-state index contributed by atoms with van der Waals surface area (Å²) in [6.07, 6.45) is 1.92. The number of nitrogens with zero attached hydrogens (tertiary/aromatic N) is 6. The van der Waals surface area contributed by atoms with Crippen LogP contribution in [-0.2, 0) is 16.1 Å². The number of piperazine rings is 1. The van der Waals surface area contributed by atoms with E-state index in [4.69, 9.17) is 4.74 Å². The van der Waals surface area contributed by atoms with Gasteiger partial charge in [-0.15, -0.1) is 10.2 Å². The summed E-state index contributed by atoms with van der Waals surface area (Å²) >= 11 is 0. The molecule has 9 heteroatoms. The third-order valence-corrected chi connectivity index (χ3v) is 7.53. The highest BCUT2D eigenvalue weighted by Gasteiger charge is 2.27. The zero-order valence-corrected chi connectivity index (χ0v) is 21.2. The maximum atomic E-state index is 12.9. The van der Waals surface area contributed by atoms with Crippen LogP contribution in [0.25, 0.3) is 0 Å². The molecule has 5 rings (SSSR count). The first kappa shape index (κ1) is 24.9. The molecule has 4 heterocycles. The fourth-order valence-electron chi connectivity index (χ4n) is 5.34. The molecule has 1 amide bonds. The molecular weight excluding hydrogens is 454 g/mol. The number of carbonyl (C=O) groups excluding carboxylic acids is 1. The van der Waals surface area contributed by atoms with Crippen molar-refractivity contribution in [2.45, 2.75) is 19.4 Å². The third kappa shape index (κ3) is 6.72. The Bertz CT molecular complexity index is 944. The minimum absolute atomic E-state index is 0.00203. The summed E-state index contributed by atoms with van der Waals surface area (Å²) in [5.74, 6) is 1.93. The van der Waals surface area contributed by atoms with Gasteiger partial charge in [-0.25, -0.2) is 0 Å². The number of carbonyl (C=O) groups is 1. The summed E-state index contributed by atoms with van der Waals surface area (Å²) in [5, 5.41) is 12.1. The molecule has 1 aromatic carbocycles. The quantitative estimate of drug-likeness (QED) is 0.593. The molecular formula is C27H39N7O2. The van der Waals surface area contributed by atoms with E-state index in [0.29, 0.717) is 13.1 Å². The summed E-state index contributed by atoms with van der Waals surface area (Å²) in [7, 11) is 0. The highest BCUT2D eigenvalue weighted by atomic mass is 16.5. The average molecular weight is 494 g/mol. The van der Waals surface area contributed by atoms with Gasteiger partial charge in [0.1, 0.15) is 0 Å². The predicted molar refractivity (Wildman–Crippen MR) is 141 cm³/mol. The van der Waals surface area contributed by atoms with Crippen LogP contribution in [0, 0.1) is 5.92 Å². The molecule has 194 valence electrons. The lowest BCUT2D eigenvalue weighted by atomic mass is 9.97. The van der Waals surface area contributed by atoms with Gasteiger partial charge < -0.3 is 19.9 Å². The number of aromatic nitrogens is 2. The number of morpholine rings is 1. The molecule has 1 aromatic heterocycles. The molecule has 3 aliphatic heterocycles. The molecule has 1 atom stereocenters. The van der Waals surface area contributed by atoms with Crippen LogP contribution in [0.1, 0.15) is 18.4 Å². The van der Waals surface area contributed by atoms with Crippen molar-refractivity contribution in [1.29, 1.82) is 0 Å². The van der Waals surface area contributed by atoms with Crippen molar-refractivity contribution in [1.82, 2.24) is 25.3 Å². The van der Waals surface area contributed by atoms with E-state index in [1.807, 2.05) is 12.1 Å². The van der Waals surface area contributed by atoms with E-state index in [0.717, 1.165) is 96.6 Å². The topological polar surface area (TPSA) is 77.1 Å². The lowest BCUT2D eigenvalue weighted by Crippen LogP contribution is -2.49. The standard InChI is InChI=1S/C27H39N7O2/c35-27(28-10-12-31-13-15-32(16-14-31)21-23-5-2-1-3-6-23)24-7-4-11-34(22-24)26-9-8-25(29-30-26)33-17-19-36-20-18-33/h1-3,5-6,8-9,24H,4,7,10-22H2,(H,28,35). The fourth-order valence-corrected chi connectivity index (χ4v) is 5.34. The molecule has 0 radical (unpaired) electrons. The molecule has 1 unspecified atom stereocenters. The number of benzene rings is 1. The summed E-state index contributed by atoms with van der Waals surface area (Å²) in [4.78, 5) is 22.3. The van der Waals surface area contributed by atoms with E-state index >= 15 is 0 Å². The molecule has 3 saturated heterocycles. The summed E-state index contributed by atoms with van der Waals surface area (Å²) in [6, 6.07) is 14.7. The SMILES string of the molecule is O=C(NCCN1CCN(Cc2ccccc2)CC1)C1CCCN(c2ccc(N3CCOCC3)nn2)C1. The van der Waals surface area contributed by atoms with Crippen LogP contribution >= 0.6 is 0 Å². The highest BCUT2D eigenvalue weighted by Crippen LogP contribution is 2.23. The first-order valence-electron chi connectivity index (χ1n) is 13.4. The minimum atomic E-state index is 0.00203. The molecule has 9 nitrogen and oxygen atoms in total. The fraction of sp³-hybridized carbons (Fsp3) is 0.593. The lowest BCUT2D eigenvalue weighted by molar-refractivity contribution is -0.125. The van der Waals surface area contributed by atoms with Crippen molar-refractivity contribution < 1.29 is 9.53 Å². The van der Waals surface area contributed by atoms with Gasteiger partial charge in [0.25, 0.3) is 0 Å². The number of hydrogen-bond donors (Lipinski definition) is 1. The second-order valence-corrected chi connectivity index (χ2v) is 10.0. The molecule has 3 fully saturated rings. The third-order valence-electron chi connectivity index (χ3n) is 7.53. The number of nitrogens with one attached hydrogen (secondary N) is 1. The van der Waals surface area contributed by atoms with Crippen LogP contribution in [0.15, 0.2) is 42.5 Å². The monoisotopic (exact) mass is 493 g/mol. The minimum Gasteiger partial charge on any atom is -0.378 e. The molecule has 36 heavy (non-hydrogen) atoms. The van der Waals surface area contributed by atoms with Gasteiger partial charge in [-0.1, -0.05) is 30.3 Å². The Balaban J connectivity index is 1.02. The van der Waals surface area contributed by atoms with Crippen molar-refractivity contribution in [2.75, 3.05) is 88.5 Å². The maximum Gasteiger partial charge on any atom is 0.224 e. The van der Waals surface area contributed by atoms with Crippen LogP contribution < -0.4 is 15.1 Å². The van der Waals surface area contributed by atoms with E-state index in [2.05, 4.69) is 65.4 Å². The van der Waals surface area contributed by atoms with Crippen LogP contribution in [0.3, 0.4) is 0 Å². The Kier molecular flexibility index (Phi) is 8.63. The van der Waals surface area contributed by atoms with Crippen molar-refractivity contribution in [3.8, 4) is 0 Å².